The molecule has 1 rings (SSSR count). The van der Waals surface area contributed by atoms with Gasteiger partial charge in [-0.1, -0.05) is 25.1 Å². The van der Waals surface area contributed by atoms with Gasteiger partial charge in [0.2, 0.25) is 5.91 Å². The number of carbonyl (C=O) groups is 2. The molecular weight excluding hydrogens is 252 g/mol. The van der Waals surface area contributed by atoms with Gasteiger partial charge in [0.1, 0.15) is 6.04 Å². The Kier molecular flexibility index (Phi) is 4.99. The van der Waals surface area contributed by atoms with Crippen molar-refractivity contribution in [1.82, 2.24) is 5.32 Å². The number of nitro benzene ring substituents is 1. The molecule has 1 atom stereocenters. The summed E-state index contributed by atoms with van der Waals surface area (Å²) < 4.78 is 0. The highest BCUT2D eigenvalue weighted by Crippen LogP contribution is 2.18. The van der Waals surface area contributed by atoms with Gasteiger partial charge >= 0.3 is 5.97 Å². The Morgan fingerprint density at radius 3 is 2.58 bits per heavy atom. The average molecular weight is 266 g/mol. The van der Waals surface area contributed by atoms with E-state index in [-0.39, 0.29) is 24.1 Å². The Labute approximate surface area is 109 Å². The first-order valence-electron chi connectivity index (χ1n) is 5.70. The van der Waals surface area contributed by atoms with E-state index in [2.05, 4.69) is 5.32 Å². The zero-order chi connectivity index (χ0) is 14.4. The van der Waals surface area contributed by atoms with E-state index in [0.29, 0.717) is 0 Å². The van der Waals surface area contributed by atoms with E-state index in [0.717, 1.165) is 0 Å². The number of benzene rings is 1. The van der Waals surface area contributed by atoms with Crippen LogP contribution in [-0.2, 0) is 16.0 Å². The van der Waals surface area contributed by atoms with Gasteiger partial charge in [0.15, 0.2) is 0 Å². The maximum atomic E-state index is 11.7. The van der Waals surface area contributed by atoms with E-state index >= 15 is 0 Å². The van der Waals surface area contributed by atoms with E-state index in [1.54, 1.807) is 13.0 Å². The number of carbonyl (C=O) groups excluding carboxylic acids is 1. The molecule has 0 saturated heterocycles. The molecule has 0 radical (unpaired) electrons. The van der Waals surface area contributed by atoms with Crippen LogP contribution in [0.25, 0.3) is 0 Å². The molecule has 0 unspecified atom stereocenters. The van der Waals surface area contributed by atoms with E-state index in [1.807, 2.05) is 0 Å². The highest BCUT2D eigenvalue weighted by atomic mass is 16.6. The predicted molar refractivity (Wildman–Crippen MR) is 66.7 cm³/mol. The first-order valence-corrected chi connectivity index (χ1v) is 5.70. The second-order valence-electron chi connectivity index (χ2n) is 3.93. The largest absolute Gasteiger partial charge is 0.480 e. The number of hydrogen-bond donors (Lipinski definition) is 2. The summed E-state index contributed by atoms with van der Waals surface area (Å²) in [5.74, 6) is -1.68. The topological polar surface area (TPSA) is 110 Å². The van der Waals surface area contributed by atoms with Crippen molar-refractivity contribution >= 4 is 17.6 Å². The van der Waals surface area contributed by atoms with Crippen LogP contribution < -0.4 is 5.32 Å². The van der Waals surface area contributed by atoms with Gasteiger partial charge in [0.25, 0.3) is 5.69 Å². The Balaban J connectivity index is 2.77. The Morgan fingerprint density at radius 1 is 1.42 bits per heavy atom. The van der Waals surface area contributed by atoms with Crippen LogP contribution in [0.15, 0.2) is 24.3 Å². The highest BCUT2D eigenvalue weighted by Gasteiger charge is 2.20. The maximum absolute atomic E-state index is 11.7. The minimum absolute atomic E-state index is 0.152. The van der Waals surface area contributed by atoms with Crippen molar-refractivity contribution in [3.8, 4) is 0 Å². The number of carboxylic acids is 1. The molecule has 1 aromatic rings. The van der Waals surface area contributed by atoms with Crippen molar-refractivity contribution in [2.75, 3.05) is 0 Å². The minimum Gasteiger partial charge on any atom is -0.480 e. The minimum atomic E-state index is -1.13. The standard InChI is InChI=1S/C12H14N2O5/c1-2-9(12(16)17)13-11(15)7-8-5-3-4-6-10(8)14(18)19/h3-6,9H,2,7H2,1H3,(H,13,15)(H,16,17)/t9-/m0/s1. The predicted octanol–water partition coefficient (Wildman–Crippen LogP) is 1.12. The van der Waals surface area contributed by atoms with Crippen LogP contribution in [-0.4, -0.2) is 27.9 Å². The molecule has 0 aliphatic carbocycles. The van der Waals surface area contributed by atoms with Crippen molar-refractivity contribution in [1.29, 1.82) is 0 Å². The van der Waals surface area contributed by atoms with Gasteiger partial charge in [-0.2, -0.15) is 0 Å². The molecular formula is C12H14N2O5. The van der Waals surface area contributed by atoms with Crippen LogP contribution in [0.3, 0.4) is 0 Å². The number of nitrogens with one attached hydrogen (secondary N) is 1. The van der Waals surface area contributed by atoms with Crippen molar-refractivity contribution in [2.24, 2.45) is 0 Å². The van der Waals surface area contributed by atoms with Crippen LogP contribution in [0.1, 0.15) is 18.9 Å². The molecule has 0 spiro atoms. The van der Waals surface area contributed by atoms with Crippen molar-refractivity contribution < 1.29 is 19.6 Å². The molecule has 1 amide bonds. The Hall–Kier alpha value is -2.44. The summed E-state index contributed by atoms with van der Waals surface area (Å²) in [6.45, 7) is 1.63. The van der Waals surface area contributed by atoms with E-state index in [9.17, 15) is 19.7 Å². The van der Waals surface area contributed by atoms with Gasteiger partial charge in [0.05, 0.1) is 11.3 Å². The molecule has 7 heteroatoms. The number of nitrogens with zero attached hydrogens (tertiary/aromatic N) is 1. The molecule has 0 aliphatic heterocycles. The molecule has 0 saturated carbocycles. The number of hydrogen-bond acceptors (Lipinski definition) is 4. The fourth-order valence-corrected chi connectivity index (χ4v) is 1.60. The Bertz CT molecular complexity index is 501. The molecule has 0 bridgehead atoms. The second-order valence-corrected chi connectivity index (χ2v) is 3.93. The lowest BCUT2D eigenvalue weighted by atomic mass is 10.1. The third kappa shape index (κ3) is 4.06. The smallest absolute Gasteiger partial charge is 0.326 e. The molecule has 2 N–H and O–H groups in total. The van der Waals surface area contributed by atoms with Gasteiger partial charge in [-0.3, -0.25) is 14.9 Å². The lowest BCUT2D eigenvalue weighted by Gasteiger charge is -2.12. The number of para-hydroxylation sites is 1. The number of carboxylic acid groups (broad SMARTS) is 1. The van der Waals surface area contributed by atoms with Crippen molar-refractivity contribution in [3.05, 3.63) is 39.9 Å². The molecule has 102 valence electrons. The monoisotopic (exact) mass is 266 g/mol. The number of nitro groups is 1. The van der Waals surface area contributed by atoms with Gasteiger partial charge in [-0.05, 0) is 6.42 Å². The summed E-state index contributed by atoms with van der Waals surface area (Å²) in [4.78, 5) is 32.6. The van der Waals surface area contributed by atoms with E-state index in [4.69, 9.17) is 5.11 Å². The zero-order valence-corrected chi connectivity index (χ0v) is 10.3. The lowest BCUT2D eigenvalue weighted by Crippen LogP contribution is -2.41. The summed E-state index contributed by atoms with van der Waals surface area (Å²) in [7, 11) is 0. The average Bonchev–Trinajstić information content (AvgIpc) is 2.35. The van der Waals surface area contributed by atoms with Crippen LogP contribution >= 0.6 is 0 Å². The molecule has 0 aliphatic rings. The van der Waals surface area contributed by atoms with Crippen LogP contribution in [0.5, 0.6) is 0 Å². The van der Waals surface area contributed by atoms with Crippen LogP contribution in [0.2, 0.25) is 0 Å². The molecule has 19 heavy (non-hydrogen) atoms. The summed E-state index contributed by atoms with van der Waals surface area (Å²) in [6, 6.07) is 4.89. The van der Waals surface area contributed by atoms with Crippen molar-refractivity contribution in [2.45, 2.75) is 25.8 Å². The third-order valence-electron chi connectivity index (χ3n) is 2.58. The Morgan fingerprint density at radius 2 is 2.05 bits per heavy atom. The van der Waals surface area contributed by atoms with Crippen LogP contribution in [0.4, 0.5) is 5.69 Å². The van der Waals surface area contributed by atoms with Gasteiger partial charge in [-0.25, -0.2) is 4.79 Å². The first-order chi connectivity index (χ1) is 8.95. The molecule has 0 heterocycles. The summed E-state index contributed by atoms with van der Waals surface area (Å²) in [5.41, 5.74) is 0.103. The zero-order valence-electron chi connectivity index (χ0n) is 10.3. The first kappa shape index (κ1) is 14.6. The number of amides is 1. The fourth-order valence-electron chi connectivity index (χ4n) is 1.60. The van der Waals surface area contributed by atoms with Crippen LogP contribution in [0, 0.1) is 10.1 Å². The van der Waals surface area contributed by atoms with Crippen molar-refractivity contribution in [3.63, 3.8) is 0 Å². The molecule has 7 nitrogen and oxygen atoms in total. The quantitative estimate of drug-likeness (QED) is 0.592. The summed E-state index contributed by atoms with van der Waals surface area (Å²) in [5, 5.41) is 21.9. The van der Waals surface area contributed by atoms with Gasteiger partial charge in [-0.15, -0.1) is 0 Å². The highest BCUT2D eigenvalue weighted by molar-refractivity contribution is 5.85. The second kappa shape index (κ2) is 6.48. The van der Waals surface area contributed by atoms with E-state index < -0.39 is 22.8 Å². The fraction of sp³-hybridized carbons (Fsp3) is 0.333. The maximum Gasteiger partial charge on any atom is 0.326 e. The SMILES string of the molecule is CC[C@H](NC(=O)Cc1ccccc1[N+](=O)[O-])C(=O)O. The lowest BCUT2D eigenvalue weighted by molar-refractivity contribution is -0.385. The number of rotatable bonds is 6. The summed E-state index contributed by atoms with van der Waals surface area (Å²) >= 11 is 0. The molecule has 1 aromatic carbocycles. The molecule has 0 fully saturated rings. The number of aliphatic carboxylic acids is 1. The normalized spacial score (nSPS) is 11.6. The van der Waals surface area contributed by atoms with E-state index in [1.165, 1.54) is 18.2 Å². The summed E-state index contributed by atoms with van der Waals surface area (Å²) in [6.07, 6.45) is 0.0267. The van der Waals surface area contributed by atoms with Gasteiger partial charge < -0.3 is 10.4 Å². The third-order valence-corrected chi connectivity index (χ3v) is 2.58. The molecule has 0 aromatic heterocycles. The van der Waals surface area contributed by atoms with Gasteiger partial charge in [0, 0.05) is 11.6 Å².